The van der Waals surface area contributed by atoms with Gasteiger partial charge in [-0.25, -0.2) is 13.2 Å². The summed E-state index contributed by atoms with van der Waals surface area (Å²) in [6.45, 7) is 8.23. The number of nitrogens with zero attached hydrogens (tertiary/aromatic N) is 3. The SMILES string of the molecule is [C-]#[N+]c1ccc(CNC(=O)Nc2ccc(S(=O)(=O)N3CCCCC3)cc2)cn1. The number of piperidine rings is 1. The highest BCUT2D eigenvalue weighted by Crippen LogP contribution is 2.22. The molecule has 0 atom stereocenters. The highest BCUT2D eigenvalue weighted by molar-refractivity contribution is 7.89. The van der Waals surface area contributed by atoms with Crippen molar-refractivity contribution >= 4 is 27.6 Å². The van der Waals surface area contributed by atoms with Crippen LogP contribution in [0.4, 0.5) is 16.3 Å². The Balaban J connectivity index is 1.56. The minimum atomic E-state index is -3.48. The molecular formula is C19H21N5O3S. The van der Waals surface area contributed by atoms with E-state index in [0.717, 1.165) is 24.8 Å². The average Bonchev–Trinajstić information content (AvgIpc) is 2.73. The molecule has 1 fully saturated rings. The summed E-state index contributed by atoms with van der Waals surface area (Å²) in [6.07, 6.45) is 4.36. The molecule has 2 N–H and O–H groups in total. The predicted octanol–water partition coefficient (Wildman–Crippen LogP) is 3.13. The van der Waals surface area contributed by atoms with Crippen LogP contribution >= 0.6 is 0 Å². The van der Waals surface area contributed by atoms with E-state index in [1.165, 1.54) is 22.6 Å². The van der Waals surface area contributed by atoms with E-state index in [9.17, 15) is 13.2 Å². The number of urea groups is 1. The minimum absolute atomic E-state index is 0.228. The molecule has 0 radical (unpaired) electrons. The maximum absolute atomic E-state index is 12.6. The molecule has 8 nitrogen and oxygen atoms in total. The van der Waals surface area contributed by atoms with Gasteiger partial charge in [0.05, 0.1) is 4.90 Å². The van der Waals surface area contributed by atoms with Crippen LogP contribution in [0.3, 0.4) is 0 Å². The number of aromatic nitrogens is 1. The van der Waals surface area contributed by atoms with Crippen LogP contribution in [0.5, 0.6) is 0 Å². The van der Waals surface area contributed by atoms with E-state index in [0.29, 0.717) is 24.6 Å². The van der Waals surface area contributed by atoms with Crippen molar-refractivity contribution in [3.05, 3.63) is 59.6 Å². The Kier molecular flexibility index (Phi) is 6.23. The van der Waals surface area contributed by atoms with Crippen LogP contribution in [-0.4, -0.2) is 36.8 Å². The van der Waals surface area contributed by atoms with Crippen molar-refractivity contribution < 1.29 is 13.2 Å². The number of benzene rings is 1. The Bertz CT molecular complexity index is 960. The fourth-order valence-corrected chi connectivity index (χ4v) is 4.43. The topological polar surface area (TPSA) is 95.8 Å². The molecule has 2 heterocycles. The molecule has 3 rings (SSSR count). The standard InChI is InChI=1S/C19H21N5O3S/c1-20-18-10-5-15(13-21-18)14-22-19(25)23-16-6-8-17(9-7-16)28(26,27)24-11-3-2-4-12-24/h5-10,13H,2-4,11-12,14H2,(H2,22,23,25). The van der Waals surface area contributed by atoms with Crippen LogP contribution < -0.4 is 10.6 Å². The number of carbonyl (C=O) groups excluding carboxylic acids is 1. The average molecular weight is 399 g/mol. The third-order valence-corrected chi connectivity index (χ3v) is 6.35. The van der Waals surface area contributed by atoms with E-state index in [-0.39, 0.29) is 11.4 Å². The molecule has 1 aliphatic heterocycles. The number of sulfonamides is 1. The highest BCUT2D eigenvalue weighted by Gasteiger charge is 2.25. The van der Waals surface area contributed by atoms with Crippen molar-refractivity contribution in [2.45, 2.75) is 30.7 Å². The summed E-state index contributed by atoms with van der Waals surface area (Å²) in [5.74, 6) is 0.299. The van der Waals surface area contributed by atoms with Crippen LogP contribution in [0.15, 0.2) is 47.5 Å². The zero-order chi connectivity index (χ0) is 20.0. The minimum Gasteiger partial charge on any atom is -0.361 e. The van der Waals surface area contributed by atoms with Gasteiger partial charge in [-0.2, -0.15) is 4.31 Å². The molecule has 0 aliphatic carbocycles. The number of carbonyl (C=O) groups is 1. The molecule has 28 heavy (non-hydrogen) atoms. The molecule has 1 aromatic carbocycles. The maximum Gasteiger partial charge on any atom is 0.319 e. The third kappa shape index (κ3) is 4.85. The Morgan fingerprint density at radius 3 is 2.43 bits per heavy atom. The zero-order valence-corrected chi connectivity index (χ0v) is 16.1. The number of nitrogens with one attached hydrogen (secondary N) is 2. The lowest BCUT2D eigenvalue weighted by Crippen LogP contribution is -2.35. The summed E-state index contributed by atoms with van der Waals surface area (Å²) < 4.78 is 26.8. The smallest absolute Gasteiger partial charge is 0.319 e. The van der Waals surface area contributed by atoms with Crippen molar-refractivity contribution in [1.29, 1.82) is 0 Å². The van der Waals surface area contributed by atoms with Crippen LogP contribution in [-0.2, 0) is 16.6 Å². The molecule has 1 saturated heterocycles. The number of hydrogen-bond donors (Lipinski definition) is 2. The second kappa shape index (κ2) is 8.82. The van der Waals surface area contributed by atoms with Gasteiger partial charge in [0, 0.05) is 30.9 Å². The molecule has 2 amide bonds. The summed E-state index contributed by atoms with van der Waals surface area (Å²) >= 11 is 0. The van der Waals surface area contributed by atoms with Crippen LogP contribution in [0.25, 0.3) is 4.85 Å². The molecule has 1 aromatic heterocycles. The van der Waals surface area contributed by atoms with Crippen LogP contribution in [0.2, 0.25) is 0 Å². The lowest BCUT2D eigenvalue weighted by atomic mass is 10.2. The van der Waals surface area contributed by atoms with Gasteiger partial charge in [-0.15, -0.1) is 4.98 Å². The van der Waals surface area contributed by atoms with Gasteiger partial charge in [0.15, 0.2) is 0 Å². The third-order valence-electron chi connectivity index (χ3n) is 4.44. The molecule has 0 saturated carbocycles. The highest BCUT2D eigenvalue weighted by atomic mass is 32.2. The summed E-state index contributed by atoms with van der Waals surface area (Å²) in [5.41, 5.74) is 1.27. The van der Waals surface area contributed by atoms with E-state index >= 15 is 0 Å². The first-order valence-corrected chi connectivity index (χ1v) is 10.4. The van der Waals surface area contributed by atoms with E-state index < -0.39 is 16.1 Å². The fourth-order valence-electron chi connectivity index (χ4n) is 2.91. The first kappa shape index (κ1) is 19.8. The summed E-state index contributed by atoms with van der Waals surface area (Å²) in [7, 11) is -3.48. The van der Waals surface area contributed by atoms with Crippen LogP contribution in [0.1, 0.15) is 24.8 Å². The molecule has 0 bridgehead atoms. The second-order valence-electron chi connectivity index (χ2n) is 6.43. The lowest BCUT2D eigenvalue weighted by Gasteiger charge is -2.25. The van der Waals surface area contributed by atoms with Gasteiger partial charge in [0.1, 0.15) is 6.20 Å². The monoisotopic (exact) mass is 399 g/mol. The molecule has 146 valence electrons. The zero-order valence-electron chi connectivity index (χ0n) is 15.3. The normalized spacial score (nSPS) is 14.8. The van der Waals surface area contributed by atoms with Crippen molar-refractivity contribution in [3.8, 4) is 0 Å². The molecule has 2 aromatic rings. The largest absolute Gasteiger partial charge is 0.361 e. The van der Waals surface area contributed by atoms with E-state index in [4.69, 9.17) is 6.57 Å². The van der Waals surface area contributed by atoms with Gasteiger partial charge in [-0.1, -0.05) is 19.1 Å². The van der Waals surface area contributed by atoms with Gasteiger partial charge < -0.3 is 15.5 Å². The van der Waals surface area contributed by atoms with Crippen molar-refractivity contribution in [1.82, 2.24) is 14.6 Å². The Hall–Kier alpha value is -2.96. The molecule has 9 heteroatoms. The molecular weight excluding hydrogens is 378 g/mol. The van der Waals surface area contributed by atoms with E-state index in [2.05, 4.69) is 20.5 Å². The second-order valence-corrected chi connectivity index (χ2v) is 8.37. The van der Waals surface area contributed by atoms with Gasteiger partial charge >= 0.3 is 6.03 Å². The number of hydrogen-bond acceptors (Lipinski definition) is 4. The maximum atomic E-state index is 12.6. The summed E-state index contributed by atoms with van der Waals surface area (Å²) in [6, 6.07) is 9.05. The van der Waals surface area contributed by atoms with E-state index in [1.54, 1.807) is 24.3 Å². The fraction of sp³-hybridized carbons (Fsp3) is 0.316. The van der Waals surface area contributed by atoms with Crippen molar-refractivity contribution in [2.75, 3.05) is 18.4 Å². The predicted molar refractivity (Wildman–Crippen MR) is 105 cm³/mol. The van der Waals surface area contributed by atoms with Gasteiger partial charge in [0.2, 0.25) is 10.0 Å². The number of anilines is 1. The molecule has 0 spiro atoms. The first-order chi connectivity index (χ1) is 13.5. The van der Waals surface area contributed by atoms with Gasteiger partial charge in [-0.05, 0) is 43.2 Å². The van der Waals surface area contributed by atoms with Gasteiger partial charge in [-0.3, -0.25) is 0 Å². The Labute approximate surface area is 164 Å². The Morgan fingerprint density at radius 2 is 1.82 bits per heavy atom. The van der Waals surface area contributed by atoms with Gasteiger partial charge in [0.25, 0.3) is 5.82 Å². The van der Waals surface area contributed by atoms with Crippen molar-refractivity contribution in [3.63, 3.8) is 0 Å². The Morgan fingerprint density at radius 1 is 1.11 bits per heavy atom. The summed E-state index contributed by atoms with van der Waals surface area (Å²) in [4.78, 5) is 19.4. The van der Waals surface area contributed by atoms with Crippen LogP contribution in [0, 0.1) is 6.57 Å². The lowest BCUT2D eigenvalue weighted by molar-refractivity contribution is 0.251. The molecule has 1 aliphatic rings. The summed E-state index contributed by atoms with van der Waals surface area (Å²) in [5, 5.41) is 5.35. The first-order valence-electron chi connectivity index (χ1n) is 8.96. The number of amides is 2. The quantitative estimate of drug-likeness (QED) is 0.755. The van der Waals surface area contributed by atoms with Crippen molar-refractivity contribution in [2.24, 2.45) is 0 Å². The number of pyridine rings is 1. The van der Waals surface area contributed by atoms with E-state index in [1.807, 2.05) is 0 Å². The number of rotatable bonds is 5. The molecule has 0 unspecified atom stereocenters.